The molecule has 0 spiro atoms. The number of carbonyl (C=O) groups excluding carboxylic acids is 1. The molecule has 4 aromatic rings. The Labute approximate surface area is 298 Å². The highest BCUT2D eigenvalue weighted by molar-refractivity contribution is 8.36. The average molecular weight is 711 g/mol. The number of hydrogen-bond acceptors (Lipinski definition) is 9. The Bertz CT molecular complexity index is 1850. The predicted octanol–water partition coefficient (Wildman–Crippen LogP) is 11.6. The van der Waals surface area contributed by atoms with Crippen molar-refractivity contribution < 1.29 is 9.53 Å². The molecule has 0 amide bonds. The second kappa shape index (κ2) is 15.4. The van der Waals surface area contributed by atoms with Gasteiger partial charge in [0.05, 0.1) is 20.5 Å². The standard InChI is InChI=1S/C38H34N2O2S5/c1-5-6-19-40-31-17-15-29(21-33(31)45-34-22-30(16-18-32(34)40)42-36(41)24(2)23-39)28-13-11-27(12-14-28)26-9-7-25(8-10-26)20-35-46-37(43-3)38(44-4)47-35/h7-18,20-22,37-38H,2,5-6,19H2,1,3-4H3. The summed E-state index contributed by atoms with van der Waals surface area (Å²) in [6.45, 7) is 6.55. The molecular formula is C38H34N2O2S5. The predicted molar refractivity (Wildman–Crippen MR) is 208 cm³/mol. The van der Waals surface area contributed by atoms with Gasteiger partial charge in [-0.3, -0.25) is 0 Å². The van der Waals surface area contributed by atoms with E-state index in [1.54, 1.807) is 23.9 Å². The first kappa shape index (κ1) is 33.8. The number of nitrogens with zero attached hydrogens (tertiary/aromatic N) is 2. The fraction of sp³-hybridized carbons (Fsp3) is 0.211. The van der Waals surface area contributed by atoms with Crippen LogP contribution in [0.3, 0.4) is 0 Å². The van der Waals surface area contributed by atoms with E-state index in [9.17, 15) is 4.79 Å². The van der Waals surface area contributed by atoms with Crippen LogP contribution in [0.25, 0.3) is 28.3 Å². The summed E-state index contributed by atoms with van der Waals surface area (Å²) in [5.74, 6) is -0.329. The van der Waals surface area contributed by atoms with Gasteiger partial charge in [-0.15, -0.1) is 47.0 Å². The number of unbranched alkanes of at least 4 members (excludes halogenated alkanes) is 1. The summed E-state index contributed by atoms with van der Waals surface area (Å²) in [4.78, 5) is 16.7. The second-order valence-electron chi connectivity index (χ2n) is 11.0. The quantitative estimate of drug-likeness (QED) is 0.0692. The minimum Gasteiger partial charge on any atom is -0.422 e. The highest BCUT2D eigenvalue weighted by atomic mass is 32.3. The maximum Gasteiger partial charge on any atom is 0.353 e. The third-order valence-corrected chi connectivity index (χ3v) is 15.2. The SMILES string of the molecule is C=C(C#N)C(=O)Oc1ccc2c(c1)Sc1cc(-c3ccc(-c4ccc(C=C5SC(SC)C(SC)S5)cc4)cc3)ccc1N2CCCC. The lowest BCUT2D eigenvalue weighted by molar-refractivity contribution is -0.129. The van der Waals surface area contributed by atoms with Crippen LogP contribution in [0.15, 0.2) is 111 Å². The zero-order valence-corrected chi connectivity index (χ0v) is 30.5. The normalized spacial score (nSPS) is 16.6. The van der Waals surface area contributed by atoms with Crippen LogP contribution in [0.4, 0.5) is 11.4 Å². The number of fused-ring (bicyclic) bond motifs is 2. The van der Waals surface area contributed by atoms with Gasteiger partial charge < -0.3 is 9.64 Å². The number of rotatable bonds is 10. The Kier molecular flexibility index (Phi) is 11.1. The van der Waals surface area contributed by atoms with Crippen molar-refractivity contribution >= 4 is 82.2 Å². The minimum atomic E-state index is -0.730. The summed E-state index contributed by atoms with van der Waals surface area (Å²) in [5.41, 5.74) is 7.98. The largest absolute Gasteiger partial charge is 0.422 e. The molecule has 2 heterocycles. The second-order valence-corrected chi connectivity index (χ2v) is 17.3. The molecular weight excluding hydrogens is 677 g/mol. The van der Waals surface area contributed by atoms with Gasteiger partial charge in [0.2, 0.25) is 0 Å². The van der Waals surface area contributed by atoms with Crippen LogP contribution in [0, 0.1) is 11.3 Å². The Balaban J connectivity index is 1.21. The van der Waals surface area contributed by atoms with Crippen LogP contribution in [0.5, 0.6) is 5.75 Å². The van der Waals surface area contributed by atoms with E-state index in [4.69, 9.17) is 10.00 Å². The van der Waals surface area contributed by atoms with Crippen LogP contribution in [0.2, 0.25) is 0 Å². The van der Waals surface area contributed by atoms with Crippen LogP contribution < -0.4 is 9.64 Å². The zero-order valence-electron chi connectivity index (χ0n) is 26.4. The molecule has 0 radical (unpaired) electrons. The van der Waals surface area contributed by atoms with Gasteiger partial charge in [0, 0.05) is 20.6 Å². The fourth-order valence-electron chi connectivity index (χ4n) is 5.40. The number of hydrogen-bond donors (Lipinski definition) is 0. The molecule has 2 unspecified atom stereocenters. The number of carbonyl (C=O) groups is 1. The number of thioether (sulfide) groups is 4. The Morgan fingerprint density at radius 2 is 1.43 bits per heavy atom. The van der Waals surface area contributed by atoms with E-state index < -0.39 is 5.97 Å². The number of ether oxygens (including phenoxy) is 1. The summed E-state index contributed by atoms with van der Waals surface area (Å²) < 4.78 is 8.03. The lowest BCUT2D eigenvalue weighted by Crippen LogP contribution is -2.22. The molecule has 0 aliphatic carbocycles. The van der Waals surface area contributed by atoms with E-state index in [0.29, 0.717) is 14.9 Å². The third-order valence-electron chi connectivity index (χ3n) is 7.92. The number of esters is 1. The Hall–Kier alpha value is -3.13. The molecule has 0 N–H and O–H groups in total. The molecule has 9 heteroatoms. The molecule has 2 aliphatic rings. The Morgan fingerprint density at radius 1 is 0.872 bits per heavy atom. The molecule has 4 aromatic carbocycles. The molecule has 1 fully saturated rings. The van der Waals surface area contributed by atoms with Gasteiger partial charge in [-0.2, -0.15) is 5.26 Å². The minimum absolute atomic E-state index is 0.220. The number of nitriles is 1. The van der Waals surface area contributed by atoms with Crippen molar-refractivity contribution in [1.82, 2.24) is 0 Å². The van der Waals surface area contributed by atoms with Crippen molar-refractivity contribution in [2.24, 2.45) is 0 Å². The molecule has 1 saturated heterocycles. The first-order chi connectivity index (χ1) is 22.9. The molecule has 2 aliphatic heterocycles. The van der Waals surface area contributed by atoms with Gasteiger partial charge >= 0.3 is 5.97 Å². The average Bonchev–Trinajstić information content (AvgIpc) is 3.51. The van der Waals surface area contributed by atoms with Gasteiger partial charge in [-0.05, 0) is 83.2 Å². The maximum absolute atomic E-state index is 12.2. The van der Waals surface area contributed by atoms with E-state index in [1.807, 2.05) is 59.2 Å². The van der Waals surface area contributed by atoms with Crippen molar-refractivity contribution in [3.63, 3.8) is 0 Å². The topological polar surface area (TPSA) is 53.3 Å². The van der Waals surface area contributed by atoms with Crippen LogP contribution in [-0.4, -0.2) is 34.2 Å². The molecule has 47 heavy (non-hydrogen) atoms. The summed E-state index contributed by atoms with van der Waals surface area (Å²) in [5, 5.41) is 9.01. The third kappa shape index (κ3) is 7.63. The molecule has 238 valence electrons. The molecule has 4 nitrogen and oxygen atoms in total. The summed E-state index contributed by atoms with van der Waals surface area (Å²) in [6, 6.07) is 31.7. The van der Waals surface area contributed by atoms with Crippen molar-refractivity contribution in [3.8, 4) is 34.1 Å². The van der Waals surface area contributed by atoms with Crippen molar-refractivity contribution in [3.05, 3.63) is 107 Å². The van der Waals surface area contributed by atoms with E-state index in [-0.39, 0.29) is 5.57 Å². The van der Waals surface area contributed by atoms with Gasteiger partial charge in [0.15, 0.2) is 0 Å². The fourth-order valence-corrected chi connectivity index (χ4v) is 12.7. The summed E-state index contributed by atoms with van der Waals surface area (Å²) >= 11 is 9.52. The summed E-state index contributed by atoms with van der Waals surface area (Å²) in [6.07, 6.45) is 8.86. The van der Waals surface area contributed by atoms with Crippen molar-refractivity contribution in [1.29, 1.82) is 5.26 Å². The van der Waals surface area contributed by atoms with Gasteiger partial charge in [-0.1, -0.05) is 86.3 Å². The van der Waals surface area contributed by atoms with Crippen LogP contribution in [-0.2, 0) is 4.79 Å². The monoisotopic (exact) mass is 710 g/mol. The molecule has 0 bridgehead atoms. The first-order valence-corrected chi connectivity index (χ1v) is 20.4. The lowest BCUT2D eigenvalue weighted by Gasteiger charge is -2.33. The summed E-state index contributed by atoms with van der Waals surface area (Å²) in [7, 11) is 0. The number of anilines is 2. The molecule has 0 saturated carbocycles. The van der Waals surface area contributed by atoms with E-state index >= 15 is 0 Å². The Morgan fingerprint density at radius 3 is 2.02 bits per heavy atom. The molecule has 6 rings (SSSR count). The van der Waals surface area contributed by atoms with Crippen LogP contribution >= 0.6 is 58.8 Å². The van der Waals surface area contributed by atoms with E-state index in [1.165, 1.54) is 26.6 Å². The van der Waals surface area contributed by atoms with E-state index in [0.717, 1.165) is 46.0 Å². The van der Waals surface area contributed by atoms with Gasteiger partial charge in [-0.25, -0.2) is 4.79 Å². The van der Waals surface area contributed by atoms with E-state index in [2.05, 4.69) is 104 Å². The first-order valence-electron chi connectivity index (χ1n) is 15.3. The molecule has 0 aromatic heterocycles. The maximum atomic E-state index is 12.2. The molecule has 2 atom stereocenters. The van der Waals surface area contributed by atoms with Gasteiger partial charge in [0.1, 0.15) is 17.4 Å². The zero-order chi connectivity index (χ0) is 32.9. The van der Waals surface area contributed by atoms with Gasteiger partial charge in [0.25, 0.3) is 0 Å². The smallest absolute Gasteiger partial charge is 0.353 e. The highest BCUT2D eigenvalue weighted by Gasteiger charge is 2.31. The highest BCUT2D eigenvalue weighted by Crippen LogP contribution is 2.54. The van der Waals surface area contributed by atoms with Crippen LogP contribution in [0.1, 0.15) is 25.3 Å². The van der Waals surface area contributed by atoms with Crippen molar-refractivity contribution in [2.75, 3.05) is 24.0 Å². The number of benzene rings is 4. The lowest BCUT2D eigenvalue weighted by atomic mass is 9.99. The van der Waals surface area contributed by atoms with Crippen molar-refractivity contribution in [2.45, 2.75) is 38.7 Å².